The van der Waals surface area contributed by atoms with E-state index in [0.29, 0.717) is 11.7 Å². The molecule has 126 valence electrons. The summed E-state index contributed by atoms with van der Waals surface area (Å²) in [5.74, 6) is 3.38. The molecule has 1 aromatic heterocycles. The number of aryl methyl sites for hydroxylation is 1. The second-order valence-electron chi connectivity index (χ2n) is 8.15. The molecule has 0 radical (unpaired) electrons. The third-order valence-electron chi connectivity index (χ3n) is 6.51. The fourth-order valence-corrected chi connectivity index (χ4v) is 5.65. The van der Waals surface area contributed by atoms with Gasteiger partial charge in [-0.05, 0) is 68.6 Å². The molecule has 0 spiro atoms. The van der Waals surface area contributed by atoms with Crippen LogP contribution in [0.25, 0.3) is 0 Å². The summed E-state index contributed by atoms with van der Waals surface area (Å²) in [6.07, 6.45) is 13.2. The topological polar surface area (TPSA) is 57.8 Å². The Morgan fingerprint density at radius 2 is 1.87 bits per heavy atom. The average molecular weight is 315 g/mol. The summed E-state index contributed by atoms with van der Waals surface area (Å²) < 4.78 is 0. The largest absolute Gasteiger partial charge is 0.347 e. The molecule has 4 heteroatoms. The molecule has 4 saturated carbocycles. The Balaban J connectivity index is 1.41. The van der Waals surface area contributed by atoms with Gasteiger partial charge in [0.1, 0.15) is 0 Å². The van der Waals surface area contributed by atoms with Crippen LogP contribution in [0.5, 0.6) is 0 Å². The molecule has 4 aliphatic rings. The average Bonchev–Trinajstić information content (AvgIpc) is 2.99. The van der Waals surface area contributed by atoms with E-state index in [-0.39, 0.29) is 5.91 Å². The maximum atomic E-state index is 12.8. The number of amides is 1. The number of hydrogen-bond donors (Lipinski definition) is 2. The van der Waals surface area contributed by atoms with E-state index in [1.807, 2.05) is 6.20 Å². The van der Waals surface area contributed by atoms with Crippen LogP contribution < -0.4 is 5.32 Å². The first-order valence-electron chi connectivity index (χ1n) is 9.58. The molecule has 5 rings (SSSR count). The minimum Gasteiger partial charge on any atom is -0.347 e. The van der Waals surface area contributed by atoms with E-state index in [4.69, 9.17) is 0 Å². The predicted octanol–water partition coefficient (Wildman–Crippen LogP) is 3.70. The van der Waals surface area contributed by atoms with E-state index in [0.717, 1.165) is 42.1 Å². The van der Waals surface area contributed by atoms with Crippen molar-refractivity contribution in [2.75, 3.05) is 0 Å². The zero-order valence-corrected chi connectivity index (χ0v) is 14.2. The highest BCUT2D eigenvalue weighted by Gasteiger charge is 2.48. The highest BCUT2D eigenvalue weighted by Crippen LogP contribution is 2.53. The van der Waals surface area contributed by atoms with Crippen molar-refractivity contribution in [3.63, 3.8) is 0 Å². The van der Waals surface area contributed by atoms with Gasteiger partial charge in [-0.3, -0.25) is 9.89 Å². The minimum absolute atomic E-state index is 0.0511. The fourth-order valence-electron chi connectivity index (χ4n) is 5.65. The van der Waals surface area contributed by atoms with E-state index >= 15 is 0 Å². The van der Waals surface area contributed by atoms with E-state index in [9.17, 15) is 4.79 Å². The van der Waals surface area contributed by atoms with Crippen LogP contribution in [0.3, 0.4) is 0 Å². The minimum atomic E-state index is 0.0511. The molecule has 1 heterocycles. The summed E-state index contributed by atoms with van der Waals surface area (Å²) >= 11 is 0. The SMILES string of the molecule is CCCCCc1c[nH]nc1C(=O)NC1C2CC3CC(C2)CC1C3. The highest BCUT2D eigenvalue weighted by atomic mass is 16.2. The van der Waals surface area contributed by atoms with Crippen LogP contribution in [0.15, 0.2) is 6.20 Å². The van der Waals surface area contributed by atoms with Gasteiger partial charge in [-0.25, -0.2) is 0 Å². The van der Waals surface area contributed by atoms with Crippen LogP contribution in [0.1, 0.15) is 74.3 Å². The first-order chi connectivity index (χ1) is 11.2. The lowest BCUT2D eigenvalue weighted by Gasteiger charge is -2.54. The standard InChI is InChI=1S/C19H29N3O/c1-2-3-4-5-14-11-20-22-18(14)19(23)21-17-15-7-12-6-13(9-15)10-16(17)8-12/h11-13,15-17H,2-10H2,1H3,(H,20,22)(H,21,23). The van der Waals surface area contributed by atoms with Gasteiger partial charge in [-0.2, -0.15) is 5.10 Å². The zero-order chi connectivity index (χ0) is 15.8. The molecule has 4 aliphatic carbocycles. The van der Waals surface area contributed by atoms with Crippen LogP contribution in [0.2, 0.25) is 0 Å². The Hall–Kier alpha value is -1.32. The lowest BCUT2D eigenvalue weighted by Crippen LogP contribution is -2.55. The number of aromatic nitrogens is 2. The molecular formula is C19H29N3O. The van der Waals surface area contributed by atoms with Crippen LogP contribution in [0, 0.1) is 23.7 Å². The summed E-state index contributed by atoms with van der Waals surface area (Å²) in [6.45, 7) is 2.20. The van der Waals surface area contributed by atoms with Crippen molar-refractivity contribution < 1.29 is 4.79 Å². The third-order valence-corrected chi connectivity index (χ3v) is 6.51. The van der Waals surface area contributed by atoms with Gasteiger partial charge in [-0.1, -0.05) is 19.8 Å². The molecule has 0 aromatic carbocycles. The molecular weight excluding hydrogens is 286 g/mol. The third kappa shape index (κ3) is 2.92. The van der Waals surface area contributed by atoms with Crippen molar-refractivity contribution in [2.45, 2.75) is 70.8 Å². The van der Waals surface area contributed by atoms with Crippen LogP contribution in [-0.2, 0) is 6.42 Å². The number of carbonyl (C=O) groups is 1. The molecule has 4 nitrogen and oxygen atoms in total. The number of nitrogens with one attached hydrogen (secondary N) is 2. The molecule has 4 bridgehead atoms. The summed E-state index contributed by atoms with van der Waals surface area (Å²) in [4.78, 5) is 12.8. The van der Waals surface area contributed by atoms with Gasteiger partial charge in [-0.15, -0.1) is 0 Å². The van der Waals surface area contributed by atoms with Gasteiger partial charge >= 0.3 is 0 Å². The molecule has 0 aliphatic heterocycles. The Bertz CT molecular complexity index is 537. The molecule has 4 fully saturated rings. The number of nitrogens with zero attached hydrogens (tertiary/aromatic N) is 1. The van der Waals surface area contributed by atoms with Gasteiger partial charge in [0.25, 0.3) is 5.91 Å². The van der Waals surface area contributed by atoms with E-state index in [1.165, 1.54) is 44.9 Å². The van der Waals surface area contributed by atoms with E-state index in [2.05, 4.69) is 22.4 Å². The number of unbranched alkanes of at least 4 members (excludes halogenated alkanes) is 2. The van der Waals surface area contributed by atoms with Crippen LogP contribution in [0.4, 0.5) is 0 Å². The van der Waals surface area contributed by atoms with Crippen molar-refractivity contribution in [3.8, 4) is 0 Å². The lowest BCUT2D eigenvalue weighted by atomic mass is 9.54. The van der Waals surface area contributed by atoms with Crippen molar-refractivity contribution in [3.05, 3.63) is 17.5 Å². The maximum absolute atomic E-state index is 12.8. The Labute approximate surface area is 138 Å². The van der Waals surface area contributed by atoms with Crippen molar-refractivity contribution in [2.24, 2.45) is 23.7 Å². The van der Waals surface area contributed by atoms with Gasteiger partial charge in [0.2, 0.25) is 0 Å². The summed E-state index contributed by atoms with van der Waals surface area (Å²) in [7, 11) is 0. The number of H-pyrrole nitrogens is 1. The molecule has 0 atom stereocenters. The molecule has 23 heavy (non-hydrogen) atoms. The lowest BCUT2D eigenvalue weighted by molar-refractivity contribution is -0.0120. The quantitative estimate of drug-likeness (QED) is 0.786. The molecule has 1 amide bonds. The van der Waals surface area contributed by atoms with Gasteiger partial charge in [0.05, 0.1) is 0 Å². The summed E-state index contributed by atoms with van der Waals surface area (Å²) in [6, 6.07) is 0.399. The normalized spacial score (nSPS) is 34.7. The summed E-state index contributed by atoms with van der Waals surface area (Å²) in [5, 5.41) is 10.5. The number of rotatable bonds is 6. The molecule has 1 aromatic rings. The van der Waals surface area contributed by atoms with Gasteiger partial charge in [0.15, 0.2) is 5.69 Å². The first-order valence-corrected chi connectivity index (χ1v) is 9.58. The number of carbonyl (C=O) groups excluding carboxylic acids is 1. The Kier molecular flexibility index (Phi) is 4.16. The Morgan fingerprint density at radius 3 is 2.52 bits per heavy atom. The monoisotopic (exact) mass is 315 g/mol. The number of aromatic amines is 1. The molecule has 0 unspecified atom stereocenters. The number of hydrogen-bond acceptors (Lipinski definition) is 2. The second kappa shape index (κ2) is 6.29. The maximum Gasteiger partial charge on any atom is 0.272 e. The molecule has 2 N–H and O–H groups in total. The van der Waals surface area contributed by atoms with Crippen LogP contribution in [-0.4, -0.2) is 22.1 Å². The van der Waals surface area contributed by atoms with Crippen molar-refractivity contribution >= 4 is 5.91 Å². The summed E-state index contributed by atoms with van der Waals surface area (Å²) in [5.41, 5.74) is 1.72. The van der Waals surface area contributed by atoms with Crippen molar-refractivity contribution in [1.29, 1.82) is 0 Å². The zero-order valence-electron chi connectivity index (χ0n) is 14.2. The van der Waals surface area contributed by atoms with Gasteiger partial charge in [0, 0.05) is 17.8 Å². The van der Waals surface area contributed by atoms with Crippen LogP contribution >= 0.6 is 0 Å². The smallest absolute Gasteiger partial charge is 0.272 e. The molecule has 0 saturated heterocycles. The second-order valence-corrected chi connectivity index (χ2v) is 8.15. The highest BCUT2D eigenvalue weighted by molar-refractivity contribution is 5.93. The Morgan fingerprint density at radius 1 is 1.17 bits per heavy atom. The van der Waals surface area contributed by atoms with Gasteiger partial charge < -0.3 is 5.32 Å². The first kappa shape index (κ1) is 15.2. The predicted molar refractivity (Wildman–Crippen MR) is 90.1 cm³/mol. The van der Waals surface area contributed by atoms with E-state index in [1.54, 1.807) is 0 Å². The fraction of sp³-hybridized carbons (Fsp3) is 0.789. The van der Waals surface area contributed by atoms with Crippen molar-refractivity contribution in [1.82, 2.24) is 15.5 Å². The van der Waals surface area contributed by atoms with E-state index < -0.39 is 0 Å².